The van der Waals surface area contributed by atoms with E-state index in [1.807, 2.05) is 25.1 Å². The van der Waals surface area contributed by atoms with Gasteiger partial charge in [0.25, 0.3) is 0 Å². The SMILES string of the molecule is CCCOc1ccc(Cc2nc(C(=O)OCC)cs2)cc1N. The number of esters is 1. The third-order valence-corrected chi connectivity index (χ3v) is 3.78. The van der Waals surface area contributed by atoms with Gasteiger partial charge in [-0.25, -0.2) is 9.78 Å². The molecule has 0 saturated carbocycles. The molecule has 118 valence electrons. The Kier molecular flexibility index (Phi) is 5.77. The maximum atomic E-state index is 11.6. The van der Waals surface area contributed by atoms with Gasteiger partial charge in [0.05, 0.1) is 23.9 Å². The van der Waals surface area contributed by atoms with Gasteiger partial charge >= 0.3 is 5.97 Å². The van der Waals surface area contributed by atoms with Crippen molar-refractivity contribution in [3.63, 3.8) is 0 Å². The van der Waals surface area contributed by atoms with E-state index in [0.29, 0.717) is 36.8 Å². The lowest BCUT2D eigenvalue weighted by molar-refractivity contribution is 0.0520. The van der Waals surface area contributed by atoms with Gasteiger partial charge in [-0.2, -0.15) is 0 Å². The number of carbonyl (C=O) groups excluding carboxylic acids is 1. The first-order valence-corrected chi connectivity index (χ1v) is 8.14. The number of nitrogen functional groups attached to an aromatic ring is 1. The standard InChI is InChI=1S/C16H20N2O3S/c1-3-7-21-14-6-5-11(8-12(14)17)9-15-18-13(10-22-15)16(19)20-4-2/h5-6,8,10H,3-4,7,9,17H2,1-2H3. The molecule has 6 heteroatoms. The summed E-state index contributed by atoms with van der Waals surface area (Å²) in [6.07, 6.45) is 1.57. The van der Waals surface area contributed by atoms with Crippen molar-refractivity contribution < 1.29 is 14.3 Å². The Morgan fingerprint density at radius 3 is 2.86 bits per heavy atom. The van der Waals surface area contributed by atoms with Gasteiger partial charge in [0.1, 0.15) is 5.75 Å². The third-order valence-electron chi connectivity index (χ3n) is 2.93. The minimum absolute atomic E-state index is 0.349. The summed E-state index contributed by atoms with van der Waals surface area (Å²) >= 11 is 1.44. The summed E-state index contributed by atoms with van der Waals surface area (Å²) in [5, 5.41) is 2.57. The second-order valence-electron chi connectivity index (χ2n) is 4.74. The van der Waals surface area contributed by atoms with E-state index >= 15 is 0 Å². The van der Waals surface area contributed by atoms with E-state index in [2.05, 4.69) is 4.98 Å². The monoisotopic (exact) mass is 320 g/mol. The second-order valence-corrected chi connectivity index (χ2v) is 5.69. The van der Waals surface area contributed by atoms with Crippen molar-refractivity contribution in [2.45, 2.75) is 26.7 Å². The molecule has 0 spiro atoms. The Morgan fingerprint density at radius 1 is 1.36 bits per heavy atom. The van der Waals surface area contributed by atoms with Gasteiger partial charge in [0.2, 0.25) is 0 Å². The van der Waals surface area contributed by atoms with Gasteiger partial charge in [-0.05, 0) is 31.0 Å². The number of nitrogens with zero attached hydrogens (tertiary/aromatic N) is 1. The summed E-state index contributed by atoms with van der Waals surface area (Å²) in [5.74, 6) is 0.324. The van der Waals surface area contributed by atoms with Gasteiger partial charge in [-0.3, -0.25) is 0 Å². The van der Waals surface area contributed by atoms with Gasteiger partial charge in [-0.1, -0.05) is 13.0 Å². The topological polar surface area (TPSA) is 74.4 Å². The summed E-state index contributed by atoms with van der Waals surface area (Å²) < 4.78 is 10.5. The number of aromatic nitrogens is 1. The van der Waals surface area contributed by atoms with Gasteiger partial charge in [0.15, 0.2) is 5.69 Å². The normalized spacial score (nSPS) is 10.5. The molecule has 2 N–H and O–H groups in total. The number of hydrogen-bond donors (Lipinski definition) is 1. The fourth-order valence-corrected chi connectivity index (χ4v) is 2.71. The molecule has 0 unspecified atom stereocenters. The lowest BCUT2D eigenvalue weighted by Crippen LogP contribution is -2.05. The molecule has 0 aliphatic carbocycles. The molecule has 0 aliphatic heterocycles. The number of carbonyl (C=O) groups is 1. The summed E-state index contributed by atoms with van der Waals surface area (Å²) in [6, 6.07) is 5.73. The van der Waals surface area contributed by atoms with E-state index in [9.17, 15) is 4.79 Å². The van der Waals surface area contributed by atoms with Crippen LogP contribution in [0.15, 0.2) is 23.6 Å². The molecule has 0 fully saturated rings. The first-order chi connectivity index (χ1) is 10.6. The molecule has 22 heavy (non-hydrogen) atoms. The first-order valence-electron chi connectivity index (χ1n) is 7.26. The number of anilines is 1. The Bertz CT molecular complexity index is 640. The molecule has 1 aromatic heterocycles. The minimum atomic E-state index is -0.382. The number of thiazole rings is 1. The molecule has 2 aromatic rings. The maximum absolute atomic E-state index is 11.6. The Labute approximate surface area is 134 Å². The average Bonchev–Trinajstić information content (AvgIpc) is 2.95. The van der Waals surface area contributed by atoms with Crippen LogP contribution in [-0.2, 0) is 11.2 Å². The maximum Gasteiger partial charge on any atom is 0.357 e. The van der Waals surface area contributed by atoms with Crippen LogP contribution < -0.4 is 10.5 Å². The van der Waals surface area contributed by atoms with Crippen LogP contribution in [0.1, 0.15) is 41.3 Å². The molecule has 2 rings (SSSR count). The fourth-order valence-electron chi connectivity index (χ4n) is 1.92. The fraction of sp³-hybridized carbons (Fsp3) is 0.375. The highest BCUT2D eigenvalue weighted by Crippen LogP contribution is 2.25. The van der Waals surface area contributed by atoms with Gasteiger partial charge in [-0.15, -0.1) is 11.3 Å². The van der Waals surface area contributed by atoms with Crippen molar-refractivity contribution in [1.29, 1.82) is 0 Å². The molecule has 1 heterocycles. The molecule has 0 radical (unpaired) electrons. The van der Waals surface area contributed by atoms with E-state index in [1.165, 1.54) is 11.3 Å². The summed E-state index contributed by atoms with van der Waals surface area (Å²) in [5.41, 5.74) is 8.00. The van der Waals surface area contributed by atoms with Crippen molar-refractivity contribution in [3.8, 4) is 5.75 Å². The van der Waals surface area contributed by atoms with E-state index in [-0.39, 0.29) is 5.97 Å². The van der Waals surface area contributed by atoms with Crippen LogP contribution in [0, 0.1) is 0 Å². The molecule has 1 aromatic carbocycles. The summed E-state index contributed by atoms with van der Waals surface area (Å²) in [7, 11) is 0. The lowest BCUT2D eigenvalue weighted by Gasteiger charge is -2.09. The quantitative estimate of drug-likeness (QED) is 0.626. The first kappa shape index (κ1) is 16.3. The molecule has 0 saturated heterocycles. The van der Waals surface area contributed by atoms with Crippen LogP contribution in [0.5, 0.6) is 5.75 Å². The van der Waals surface area contributed by atoms with Crippen LogP contribution >= 0.6 is 11.3 Å². The van der Waals surface area contributed by atoms with Crippen molar-refractivity contribution in [2.75, 3.05) is 18.9 Å². The van der Waals surface area contributed by atoms with Crippen LogP contribution in [0.4, 0.5) is 5.69 Å². The Balaban J connectivity index is 2.04. The molecule has 5 nitrogen and oxygen atoms in total. The number of rotatable bonds is 7. The van der Waals surface area contributed by atoms with Crippen LogP contribution in [0.2, 0.25) is 0 Å². The summed E-state index contributed by atoms with van der Waals surface area (Å²) in [4.78, 5) is 15.9. The van der Waals surface area contributed by atoms with Crippen LogP contribution in [0.25, 0.3) is 0 Å². The number of hydrogen-bond acceptors (Lipinski definition) is 6. The highest BCUT2D eigenvalue weighted by Gasteiger charge is 2.12. The van der Waals surface area contributed by atoms with Crippen molar-refractivity contribution in [2.24, 2.45) is 0 Å². The zero-order chi connectivity index (χ0) is 15.9. The Morgan fingerprint density at radius 2 is 2.18 bits per heavy atom. The third kappa shape index (κ3) is 4.21. The lowest BCUT2D eigenvalue weighted by atomic mass is 10.1. The number of ether oxygens (including phenoxy) is 2. The summed E-state index contributed by atoms with van der Waals surface area (Å²) in [6.45, 7) is 4.82. The number of benzene rings is 1. The van der Waals surface area contributed by atoms with Crippen LogP contribution in [0.3, 0.4) is 0 Å². The van der Waals surface area contributed by atoms with E-state index < -0.39 is 0 Å². The van der Waals surface area contributed by atoms with Gasteiger partial charge in [0, 0.05) is 11.8 Å². The molecule has 0 atom stereocenters. The highest BCUT2D eigenvalue weighted by molar-refractivity contribution is 7.09. The molecule has 0 aliphatic rings. The van der Waals surface area contributed by atoms with Crippen molar-refractivity contribution >= 4 is 23.0 Å². The largest absolute Gasteiger partial charge is 0.491 e. The predicted octanol–water partition coefficient (Wildman–Crippen LogP) is 3.28. The number of nitrogens with two attached hydrogens (primary N) is 1. The molecular formula is C16H20N2O3S. The molecular weight excluding hydrogens is 300 g/mol. The van der Waals surface area contributed by atoms with E-state index in [4.69, 9.17) is 15.2 Å². The van der Waals surface area contributed by atoms with Crippen molar-refractivity contribution in [1.82, 2.24) is 4.98 Å². The minimum Gasteiger partial charge on any atom is -0.491 e. The smallest absolute Gasteiger partial charge is 0.357 e. The van der Waals surface area contributed by atoms with E-state index in [0.717, 1.165) is 17.0 Å². The molecule has 0 amide bonds. The highest BCUT2D eigenvalue weighted by atomic mass is 32.1. The second kappa shape index (κ2) is 7.79. The molecule has 0 bridgehead atoms. The zero-order valence-electron chi connectivity index (χ0n) is 12.8. The van der Waals surface area contributed by atoms with E-state index in [1.54, 1.807) is 12.3 Å². The Hall–Kier alpha value is -2.08. The zero-order valence-corrected chi connectivity index (χ0v) is 13.6. The van der Waals surface area contributed by atoms with Crippen LogP contribution in [-0.4, -0.2) is 24.2 Å². The average molecular weight is 320 g/mol. The van der Waals surface area contributed by atoms with Gasteiger partial charge < -0.3 is 15.2 Å². The predicted molar refractivity (Wildman–Crippen MR) is 87.5 cm³/mol. The van der Waals surface area contributed by atoms with Crippen molar-refractivity contribution in [3.05, 3.63) is 39.8 Å².